The fourth-order valence-corrected chi connectivity index (χ4v) is 4.09. The lowest BCUT2D eigenvalue weighted by Crippen LogP contribution is -2.38. The highest BCUT2D eigenvalue weighted by Crippen LogP contribution is 2.26. The van der Waals surface area contributed by atoms with Gasteiger partial charge >= 0.3 is 0 Å². The molecule has 0 aliphatic carbocycles. The van der Waals surface area contributed by atoms with Crippen LogP contribution in [0.4, 0.5) is 5.69 Å². The van der Waals surface area contributed by atoms with E-state index in [1.165, 1.54) is 16.7 Å². The molecule has 4 heteroatoms. The van der Waals surface area contributed by atoms with E-state index < -0.39 is 0 Å². The van der Waals surface area contributed by atoms with Crippen LogP contribution in [0.3, 0.4) is 0 Å². The molecule has 1 fully saturated rings. The third-order valence-corrected chi connectivity index (χ3v) is 6.05. The second-order valence-corrected chi connectivity index (χ2v) is 8.24. The number of benzene rings is 2. The highest BCUT2D eigenvalue weighted by Gasteiger charge is 2.25. The summed E-state index contributed by atoms with van der Waals surface area (Å²) < 4.78 is 1.11. The third-order valence-electron chi connectivity index (χ3n) is 5.52. The van der Waals surface area contributed by atoms with Crippen LogP contribution in [0, 0.1) is 5.92 Å². The first-order valence-electron chi connectivity index (χ1n) is 9.99. The van der Waals surface area contributed by atoms with Gasteiger partial charge in [0, 0.05) is 22.6 Å². The van der Waals surface area contributed by atoms with Crippen molar-refractivity contribution in [2.45, 2.75) is 46.1 Å². The van der Waals surface area contributed by atoms with E-state index in [-0.39, 0.29) is 11.8 Å². The SMILES string of the molecule is CCc1cccc(CC)c1NC(=O)C1CCN(Cc2ccc(Br)cc2)CC1. The van der Waals surface area contributed by atoms with Crippen molar-refractivity contribution in [3.8, 4) is 0 Å². The first-order chi connectivity index (χ1) is 13.1. The molecule has 1 aliphatic heterocycles. The molecule has 0 atom stereocenters. The highest BCUT2D eigenvalue weighted by molar-refractivity contribution is 9.10. The van der Waals surface area contributed by atoms with Crippen LogP contribution in [-0.4, -0.2) is 23.9 Å². The Hall–Kier alpha value is -1.65. The maximum Gasteiger partial charge on any atom is 0.227 e. The fraction of sp³-hybridized carbons (Fsp3) is 0.435. The van der Waals surface area contributed by atoms with Gasteiger partial charge < -0.3 is 5.32 Å². The topological polar surface area (TPSA) is 32.3 Å². The zero-order valence-electron chi connectivity index (χ0n) is 16.3. The monoisotopic (exact) mass is 428 g/mol. The van der Waals surface area contributed by atoms with Gasteiger partial charge in [-0.3, -0.25) is 9.69 Å². The van der Waals surface area contributed by atoms with Gasteiger partial charge in [0.15, 0.2) is 0 Å². The molecule has 144 valence electrons. The summed E-state index contributed by atoms with van der Waals surface area (Å²) >= 11 is 3.48. The number of amides is 1. The third kappa shape index (κ3) is 5.20. The average molecular weight is 429 g/mol. The number of nitrogens with one attached hydrogen (secondary N) is 1. The number of hydrogen-bond acceptors (Lipinski definition) is 2. The lowest BCUT2D eigenvalue weighted by Gasteiger charge is -2.31. The molecule has 1 saturated heterocycles. The van der Waals surface area contributed by atoms with Gasteiger partial charge in [0.1, 0.15) is 0 Å². The van der Waals surface area contributed by atoms with Gasteiger partial charge in [-0.05, 0) is 67.6 Å². The minimum Gasteiger partial charge on any atom is -0.325 e. The number of piperidine rings is 1. The Morgan fingerprint density at radius 3 is 2.19 bits per heavy atom. The van der Waals surface area contributed by atoms with Gasteiger partial charge in [-0.1, -0.05) is 60.1 Å². The van der Waals surface area contributed by atoms with Crippen molar-refractivity contribution in [2.24, 2.45) is 5.92 Å². The van der Waals surface area contributed by atoms with Crippen molar-refractivity contribution in [1.82, 2.24) is 4.90 Å². The van der Waals surface area contributed by atoms with Crippen molar-refractivity contribution in [3.05, 3.63) is 63.6 Å². The Bertz CT molecular complexity index is 742. The van der Waals surface area contributed by atoms with E-state index in [0.717, 1.165) is 55.5 Å². The highest BCUT2D eigenvalue weighted by atomic mass is 79.9. The largest absolute Gasteiger partial charge is 0.325 e. The van der Waals surface area contributed by atoms with Gasteiger partial charge in [0.05, 0.1) is 0 Å². The fourth-order valence-electron chi connectivity index (χ4n) is 3.83. The van der Waals surface area contributed by atoms with Crippen molar-refractivity contribution < 1.29 is 4.79 Å². The zero-order chi connectivity index (χ0) is 19.2. The molecule has 1 N–H and O–H groups in total. The average Bonchev–Trinajstić information content (AvgIpc) is 2.70. The molecule has 1 heterocycles. The quantitative estimate of drug-likeness (QED) is 0.665. The second kappa shape index (κ2) is 9.52. The summed E-state index contributed by atoms with van der Waals surface area (Å²) in [5, 5.41) is 3.26. The van der Waals surface area contributed by atoms with Crippen LogP contribution < -0.4 is 5.32 Å². The van der Waals surface area contributed by atoms with Crippen molar-refractivity contribution in [2.75, 3.05) is 18.4 Å². The summed E-state index contributed by atoms with van der Waals surface area (Å²) in [6.07, 6.45) is 3.74. The molecule has 0 radical (unpaired) electrons. The van der Waals surface area contributed by atoms with E-state index in [1.807, 2.05) is 0 Å². The molecule has 27 heavy (non-hydrogen) atoms. The standard InChI is InChI=1S/C23H29BrN2O/c1-3-18-6-5-7-19(4-2)22(18)25-23(27)20-12-14-26(15-13-20)16-17-8-10-21(24)11-9-17/h5-11,20H,3-4,12-16H2,1-2H3,(H,25,27). The minimum absolute atomic E-state index is 0.112. The minimum atomic E-state index is 0.112. The van der Waals surface area contributed by atoms with Crippen LogP contribution in [0.5, 0.6) is 0 Å². The normalized spacial score (nSPS) is 15.7. The number of likely N-dealkylation sites (tertiary alicyclic amines) is 1. The van der Waals surface area contributed by atoms with E-state index in [9.17, 15) is 4.79 Å². The number of halogens is 1. The summed E-state index contributed by atoms with van der Waals surface area (Å²) in [4.78, 5) is 15.3. The lowest BCUT2D eigenvalue weighted by molar-refractivity contribution is -0.121. The molecule has 1 aliphatic rings. The summed E-state index contributed by atoms with van der Waals surface area (Å²) in [5.41, 5.74) is 4.83. The molecule has 1 amide bonds. The number of carbonyl (C=O) groups is 1. The van der Waals surface area contributed by atoms with E-state index in [4.69, 9.17) is 0 Å². The van der Waals surface area contributed by atoms with Gasteiger partial charge in [0.2, 0.25) is 5.91 Å². The predicted octanol–water partition coefficient (Wildman–Crippen LogP) is 5.42. The molecule has 2 aromatic rings. The molecule has 0 spiro atoms. The molecule has 0 saturated carbocycles. The van der Waals surface area contributed by atoms with E-state index in [1.54, 1.807) is 0 Å². The number of para-hydroxylation sites is 1. The Morgan fingerprint density at radius 1 is 1.04 bits per heavy atom. The van der Waals surface area contributed by atoms with E-state index in [0.29, 0.717) is 0 Å². The van der Waals surface area contributed by atoms with Crippen molar-refractivity contribution in [1.29, 1.82) is 0 Å². The smallest absolute Gasteiger partial charge is 0.227 e. The summed E-state index contributed by atoms with van der Waals surface area (Å²) in [5.74, 6) is 0.301. The molecular weight excluding hydrogens is 400 g/mol. The van der Waals surface area contributed by atoms with E-state index in [2.05, 4.69) is 82.5 Å². The number of aryl methyl sites for hydroxylation is 2. The summed E-state index contributed by atoms with van der Waals surface area (Å²) in [6.45, 7) is 7.20. The van der Waals surface area contributed by atoms with Gasteiger partial charge in [-0.25, -0.2) is 0 Å². The molecule has 0 unspecified atom stereocenters. The van der Waals surface area contributed by atoms with Crippen LogP contribution in [0.25, 0.3) is 0 Å². The molecule has 3 nitrogen and oxygen atoms in total. The first-order valence-corrected chi connectivity index (χ1v) is 10.8. The van der Waals surface area contributed by atoms with Crippen LogP contribution in [0.2, 0.25) is 0 Å². The summed E-state index contributed by atoms with van der Waals surface area (Å²) in [6, 6.07) is 14.8. The van der Waals surface area contributed by atoms with Crippen LogP contribution in [0.15, 0.2) is 46.9 Å². The van der Waals surface area contributed by atoms with E-state index >= 15 is 0 Å². The predicted molar refractivity (Wildman–Crippen MR) is 116 cm³/mol. The number of hydrogen-bond donors (Lipinski definition) is 1. The van der Waals surface area contributed by atoms with Crippen LogP contribution in [0.1, 0.15) is 43.4 Å². The molecular formula is C23H29BrN2O. The zero-order valence-corrected chi connectivity index (χ0v) is 17.9. The molecule has 0 aromatic heterocycles. The van der Waals surface area contributed by atoms with Crippen LogP contribution in [-0.2, 0) is 24.2 Å². The van der Waals surface area contributed by atoms with Crippen molar-refractivity contribution >= 4 is 27.5 Å². The number of carbonyl (C=O) groups excluding carboxylic acids is 1. The first kappa shape index (κ1) is 20.1. The number of rotatable bonds is 6. The van der Waals surface area contributed by atoms with Crippen molar-refractivity contribution in [3.63, 3.8) is 0 Å². The Morgan fingerprint density at radius 2 is 1.63 bits per heavy atom. The van der Waals surface area contributed by atoms with Gasteiger partial charge in [-0.15, -0.1) is 0 Å². The Labute approximate surface area is 171 Å². The molecule has 3 rings (SSSR count). The number of anilines is 1. The number of nitrogens with zero attached hydrogens (tertiary/aromatic N) is 1. The Balaban J connectivity index is 1.57. The van der Waals surface area contributed by atoms with Gasteiger partial charge in [-0.2, -0.15) is 0 Å². The Kier molecular flexibility index (Phi) is 7.08. The van der Waals surface area contributed by atoms with Crippen LogP contribution >= 0.6 is 15.9 Å². The molecule has 0 bridgehead atoms. The maximum absolute atomic E-state index is 12.9. The lowest BCUT2D eigenvalue weighted by atomic mass is 9.94. The summed E-state index contributed by atoms with van der Waals surface area (Å²) in [7, 11) is 0. The molecule has 2 aromatic carbocycles. The second-order valence-electron chi connectivity index (χ2n) is 7.32. The van der Waals surface area contributed by atoms with Gasteiger partial charge in [0.25, 0.3) is 0 Å². The maximum atomic E-state index is 12.9.